The normalized spacial score (nSPS) is 34.6. The standard InChI is InChI=1S/C14H25N3O2/c1-4-14(6-5-8-16-14)12(19)17-9-7-13(2,10-17)11(18)15-3/h16H,4-10H2,1-3H3,(H,15,18). The fourth-order valence-electron chi connectivity index (χ4n) is 3.37. The van der Waals surface area contributed by atoms with Crippen LogP contribution >= 0.6 is 0 Å². The van der Waals surface area contributed by atoms with Gasteiger partial charge in [-0.25, -0.2) is 0 Å². The Morgan fingerprint density at radius 1 is 1.37 bits per heavy atom. The van der Waals surface area contributed by atoms with E-state index in [4.69, 9.17) is 0 Å². The molecule has 108 valence electrons. The zero-order valence-electron chi connectivity index (χ0n) is 12.2. The number of likely N-dealkylation sites (tertiary alicyclic amines) is 1. The second kappa shape index (κ2) is 5.12. The van der Waals surface area contributed by atoms with Gasteiger partial charge in [0.25, 0.3) is 0 Å². The van der Waals surface area contributed by atoms with Crippen molar-refractivity contribution >= 4 is 11.8 Å². The van der Waals surface area contributed by atoms with Gasteiger partial charge in [-0.2, -0.15) is 0 Å². The van der Waals surface area contributed by atoms with Crippen molar-refractivity contribution in [1.29, 1.82) is 0 Å². The Balaban J connectivity index is 2.08. The summed E-state index contributed by atoms with van der Waals surface area (Å²) in [6.07, 6.45) is 3.53. The third kappa shape index (κ3) is 2.36. The molecule has 2 rings (SSSR count). The molecule has 2 saturated heterocycles. The van der Waals surface area contributed by atoms with Gasteiger partial charge in [-0.3, -0.25) is 9.59 Å². The van der Waals surface area contributed by atoms with Gasteiger partial charge in [0.15, 0.2) is 0 Å². The number of amides is 2. The molecule has 2 fully saturated rings. The average Bonchev–Trinajstić information content (AvgIpc) is 3.05. The lowest BCUT2D eigenvalue weighted by molar-refractivity contribution is -0.138. The summed E-state index contributed by atoms with van der Waals surface area (Å²) in [5, 5.41) is 6.08. The SMILES string of the molecule is CCC1(C(=O)N2CCC(C)(C(=O)NC)C2)CCCN1. The zero-order valence-corrected chi connectivity index (χ0v) is 12.2. The molecule has 2 unspecified atom stereocenters. The minimum Gasteiger partial charge on any atom is -0.359 e. The Labute approximate surface area is 115 Å². The number of rotatable bonds is 3. The Morgan fingerprint density at radius 2 is 2.11 bits per heavy atom. The molecule has 0 aliphatic carbocycles. The highest BCUT2D eigenvalue weighted by atomic mass is 16.2. The predicted octanol–water partition coefficient (Wildman–Crippen LogP) is 0.503. The van der Waals surface area contributed by atoms with E-state index in [-0.39, 0.29) is 17.4 Å². The maximum absolute atomic E-state index is 12.7. The fourth-order valence-corrected chi connectivity index (χ4v) is 3.37. The van der Waals surface area contributed by atoms with E-state index in [0.29, 0.717) is 13.1 Å². The fraction of sp³-hybridized carbons (Fsp3) is 0.857. The van der Waals surface area contributed by atoms with E-state index in [1.807, 2.05) is 11.8 Å². The number of carbonyl (C=O) groups is 2. The summed E-state index contributed by atoms with van der Waals surface area (Å²) in [6, 6.07) is 0. The Morgan fingerprint density at radius 3 is 2.63 bits per heavy atom. The maximum atomic E-state index is 12.7. The van der Waals surface area contributed by atoms with E-state index in [1.165, 1.54) is 0 Å². The number of hydrogen-bond donors (Lipinski definition) is 2. The highest BCUT2D eigenvalue weighted by Crippen LogP contribution is 2.34. The molecular weight excluding hydrogens is 242 g/mol. The van der Waals surface area contributed by atoms with Crippen molar-refractivity contribution < 1.29 is 9.59 Å². The summed E-state index contributed by atoms with van der Waals surface area (Å²) in [5.74, 6) is 0.216. The third-order valence-electron chi connectivity index (χ3n) is 4.79. The van der Waals surface area contributed by atoms with E-state index in [1.54, 1.807) is 7.05 Å². The zero-order chi connectivity index (χ0) is 14.1. The molecule has 0 radical (unpaired) electrons. The van der Waals surface area contributed by atoms with E-state index in [9.17, 15) is 9.59 Å². The van der Waals surface area contributed by atoms with E-state index < -0.39 is 5.41 Å². The summed E-state index contributed by atoms with van der Waals surface area (Å²) in [5.41, 5.74) is -0.814. The second-order valence-corrected chi connectivity index (χ2v) is 6.08. The monoisotopic (exact) mass is 267 g/mol. The van der Waals surface area contributed by atoms with Gasteiger partial charge in [-0.15, -0.1) is 0 Å². The van der Waals surface area contributed by atoms with Crippen LogP contribution in [-0.2, 0) is 9.59 Å². The number of carbonyl (C=O) groups excluding carboxylic acids is 2. The van der Waals surface area contributed by atoms with Crippen molar-refractivity contribution in [2.24, 2.45) is 5.41 Å². The van der Waals surface area contributed by atoms with Gasteiger partial charge in [0, 0.05) is 20.1 Å². The molecule has 2 N–H and O–H groups in total. The molecule has 2 heterocycles. The predicted molar refractivity (Wildman–Crippen MR) is 73.6 cm³/mol. The first-order valence-corrected chi connectivity index (χ1v) is 7.24. The molecule has 2 atom stereocenters. The molecule has 2 aliphatic heterocycles. The molecule has 5 nitrogen and oxygen atoms in total. The summed E-state index contributed by atoms with van der Waals surface area (Å²) in [4.78, 5) is 26.5. The highest BCUT2D eigenvalue weighted by molar-refractivity contribution is 5.89. The van der Waals surface area contributed by atoms with E-state index >= 15 is 0 Å². The van der Waals surface area contributed by atoms with Crippen LogP contribution in [0.2, 0.25) is 0 Å². The maximum Gasteiger partial charge on any atom is 0.242 e. The Bertz CT molecular complexity index is 377. The summed E-state index contributed by atoms with van der Waals surface area (Å²) < 4.78 is 0. The van der Waals surface area contributed by atoms with Crippen LogP contribution in [0.15, 0.2) is 0 Å². The lowest BCUT2D eigenvalue weighted by Gasteiger charge is -2.32. The van der Waals surface area contributed by atoms with Crippen LogP contribution < -0.4 is 10.6 Å². The van der Waals surface area contributed by atoms with E-state index in [2.05, 4.69) is 17.6 Å². The number of nitrogens with zero attached hydrogens (tertiary/aromatic N) is 1. The first-order chi connectivity index (χ1) is 8.97. The molecule has 0 saturated carbocycles. The molecule has 0 aromatic carbocycles. The molecule has 2 aliphatic rings. The first-order valence-electron chi connectivity index (χ1n) is 7.24. The minimum atomic E-state index is -0.433. The van der Waals surface area contributed by atoms with Gasteiger partial charge in [-0.05, 0) is 39.2 Å². The minimum absolute atomic E-state index is 0.0349. The largest absolute Gasteiger partial charge is 0.359 e. The van der Waals surface area contributed by atoms with Crippen molar-refractivity contribution in [3.8, 4) is 0 Å². The van der Waals surface area contributed by atoms with Crippen molar-refractivity contribution in [3.63, 3.8) is 0 Å². The average molecular weight is 267 g/mol. The van der Waals surface area contributed by atoms with Crippen molar-refractivity contribution in [3.05, 3.63) is 0 Å². The van der Waals surface area contributed by atoms with Gasteiger partial charge >= 0.3 is 0 Å². The molecule has 0 aromatic heterocycles. The Kier molecular flexibility index (Phi) is 3.85. The summed E-state index contributed by atoms with van der Waals surface area (Å²) >= 11 is 0. The first kappa shape index (κ1) is 14.3. The van der Waals surface area contributed by atoms with Gasteiger partial charge in [0.05, 0.1) is 11.0 Å². The van der Waals surface area contributed by atoms with E-state index in [0.717, 1.165) is 32.2 Å². The smallest absolute Gasteiger partial charge is 0.242 e. The molecule has 0 aromatic rings. The molecule has 0 bridgehead atoms. The Hall–Kier alpha value is -1.10. The molecular formula is C14H25N3O2. The van der Waals surface area contributed by atoms with Gasteiger partial charge in [0.1, 0.15) is 0 Å². The van der Waals surface area contributed by atoms with Crippen LogP contribution in [-0.4, -0.2) is 48.9 Å². The van der Waals surface area contributed by atoms with Crippen molar-refractivity contribution in [1.82, 2.24) is 15.5 Å². The van der Waals surface area contributed by atoms with Crippen LogP contribution in [0.4, 0.5) is 0 Å². The highest BCUT2D eigenvalue weighted by Gasteiger charge is 2.47. The van der Waals surface area contributed by atoms with Crippen LogP contribution in [0.25, 0.3) is 0 Å². The van der Waals surface area contributed by atoms with Crippen LogP contribution in [0.5, 0.6) is 0 Å². The third-order valence-corrected chi connectivity index (χ3v) is 4.79. The summed E-state index contributed by atoms with van der Waals surface area (Å²) in [7, 11) is 1.66. The van der Waals surface area contributed by atoms with Gasteiger partial charge in [-0.1, -0.05) is 6.92 Å². The molecule has 5 heteroatoms. The number of nitrogens with one attached hydrogen (secondary N) is 2. The van der Waals surface area contributed by atoms with Gasteiger partial charge < -0.3 is 15.5 Å². The molecule has 19 heavy (non-hydrogen) atoms. The second-order valence-electron chi connectivity index (χ2n) is 6.08. The summed E-state index contributed by atoms with van der Waals surface area (Å²) in [6.45, 7) is 6.14. The van der Waals surface area contributed by atoms with Crippen molar-refractivity contribution in [2.45, 2.75) is 45.1 Å². The van der Waals surface area contributed by atoms with Crippen LogP contribution in [0.1, 0.15) is 39.5 Å². The molecule has 0 spiro atoms. The number of hydrogen-bond acceptors (Lipinski definition) is 3. The quantitative estimate of drug-likeness (QED) is 0.783. The van der Waals surface area contributed by atoms with Crippen molar-refractivity contribution in [2.75, 3.05) is 26.7 Å². The van der Waals surface area contributed by atoms with Crippen LogP contribution in [0, 0.1) is 5.41 Å². The topological polar surface area (TPSA) is 61.4 Å². The molecule has 2 amide bonds. The van der Waals surface area contributed by atoms with Crippen LogP contribution in [0.3, 0.4) is 0 Å². The lowest BCUT2D eigenvalue weighted by Crippen LogP contribution is -2.54. The lowest BCUT2D eigenvalue weighted by atomic mass is 9.88. The van der Waals surface area contributed by atoms with Gasteiger partial charge in [0.2, 0.25) is 11.8 Å².